The van der Waals surface area contributed by atoms with Gasteiger partial charge in [0.15, 0.2) is 0 Å². The molecule has 0 bridgehead atoms. The van der Waals surface area contributed by atoms with Crippen molar-refractivity contribution in [3.63, 3.8) is 0 Å². The summed E-state index contributed by atoms with van der Waals surface area (Å²) in [5.41, 5.74) is 3.59. The van der Waals surface area contributed by atoms with Crippen LogP contribution in [0.5, 0.6) is 0 Å². The molecule has 1 amide bonds. The number of benzene rings is 1. The standard InChI is InChI=1S/C17H29N3O/c1-6-19-17(21)12-20(5)16-8-7-15(9-14(16)4)11-18-10-13(2)3/h7-9,13,18H,6,10-12H2,1-5H3,(H,19,21). The van der Waals surface area contributed by atoms with Crippen molar-refractivity contribution < 1.29 is 4.79 Å². The van der Waals surface area contributed by atoms with Crippen molar-refractivity contribution in [3.8, 4) is 0 Å². The quantitative estimate of drug-likeness (QED) is 0.772. The fraction of sp³-hybridized carbons (Fsp3) is 0.588. The van der Waals surface area contributed by atoms with Crippen LogP contribution in [0.15, 0.2) is 18.2 Å². The maximum absolute atomic E-state index is 11.6. The second-order valence-electron chi connectivity index (χ2n) is 5.96. The first-order chi connectivity index (χ1) is 9.93. The highest BCUT2D eigenvalue weighted by Gasteiger charge is 2.09. The lowest BCUT2D eigenvalue weighted by atomic mass is 10.1. The Bertz CT molecular complexity index is 457. The molecule has 0 aliphatic carbocycles. The molecule has 0 fully saturated rings. The molecule has 0 spiro atoms. The first kappa shape index (κ1) is 17.5. The van der Waals surface area contributed by atoms with E-state index >= 15 is 0 Å². The SMILES string of the molecule is CCNC(=O)CN(C)c1ccc(CNCC(C)C)cc1C. The second-order valence-corrected chi connectivity index (χ2v) is 5.96. The molecule has 0 atom stereocenters. The van der Waals surface area contributed by atoms with Crippen LogP contribution in [0.4, 0.5) is 5.69 Å². The number of nitrogens with one attached hydrogen (secondary N) is 2. The van der Waals surface area contributed by atoms with E-state index in [-0.39, 0.29) is 5.91 Å². The smallest absolute Gasteiger partial charge is 0.239 e. The number of anilines is 1. The van der Waals surface area contributed by atoms with Gasteiger partial charge in [-0.1, -0.05) is 26.0 Å². The number of carbonyl (C=O) groups excluding carboxylic acids is 1. The van der Waals surface area contributed by atoms with Gasteiger partial charge in [0.05, 0.1) is 6.54 Å². The molecule has 0 saturated heterocycles. The number of likely N-dealkylation sites (N-methyl/N-ethyl adjacent to an activating group) is 2. The second kappa shape index (κ2) is 8.67. The summed E-state index contributed by atoms with van der Waals surface area (Å²) in [7, 11) is 1.95. The Morgan fingerprint density at radius 3 is 2.62 bits per heavy atom. The number of carbonyl (C=O) groups is 1. The minimum atomic E-state index is 0.0575. The van der Waals surface area contributed by atoms with Gasteiger partial charge in [0.1, 0.15) is 0 Å². The third-order valence-electron chi connectivity index (χ3n) is 3.31. The van der Waals surface area contributed by atoms with Gasteiger partial charge in [0.25, 0.3) is 0 Å². The molecule has 0 radical (unpaired) electrons. The molecule has 0 unspecified atom stereocenters. The van der Waals surface area contributed by atoms with Crippen LogP contribution >= 0.6 is 0 Å². The Labute approximate surface area is 128 Å². The van der Waals surface area contributed by atoms with E-state index in [0.29, 0.717) is 19.0 Å². The summed E-state index contributed by atoms with van der Waals surface area (Å²) in [5.74, 6) is 0.718. The minimum Gasteiger partial charge on any atom is -0.365 e. The molecule has 4 nitrogen and oxygen atoms in total. The van der Waals surface area contributed by atoms with Gasteiger partial charge in [0, 0.05) is 25.8 Å². The van der Waals surface area contributed by atoms with E-state index in [1.54, 1.807) is 0 Å². The largest absolute Gasteiger partial charge is 0.365 e. The molecule has 118 valence electrons. The molecule has 21 heavy (non-hydrogen) atoms. The summed E-state index contributed by atoms with van der Waals surface area (Å²) >= 11 is 0. The number of nitrogens with zero attached hydrogens (tertiary/aromatic N) is 1. The normalized spacial score (nSPS) is 10.8. The number of hydrogen-bond donors (Lipinski definition) is 2. The highest BCUT2D eigenvalue weighted by atomic mass is 16.2. The van der Waals surface area contributed by atoms with Gasteiger partial charge in [0.2, 0.25) is 5.91 Å². The topological polar surface area (TPSA) is 44.4 Å². The van der Waals surface area contributed by atoms with E-state index in [4.69, 9.17) is 0 Å². The van der Waals surface area contributed by atoms with Crippen LogP contribution in [-0.2, 0) is 11.3 Å². The molecule has 1 aromatic rings. The maximum atomic E-state index is 11.6. The lowest BCUT2D eigenvalue weighted by Crippen LogP contribution is -2.35. The first-order valence-corrected chi connectivity index (χ1v) is 7.72. The van der Waals surface area contributed by atoms with Crippen molar-refractivity contribution in [1.82, 2.24) is 10.6 Å². The maximum Gasteiger partial charge on any atom is 0.239 e. The Morgan fingerprint density at radius 1 is 1.33 bits per heavy atom. The number of rotatable bonds is 8. The molecule has 0 saturated carbocycles. The van der Waals surface area contributed by atoms with Gasteiger partial charge in [-0.25, -0.2) is 0 Å². The monoisotopic (exact) mass is 291 g/mol. The zero-order valence-corrected chi connectivity index (χ0v) is 14.0. The summed E-state index contributed by atoms with van der Waals surface area (Å²) in [5, 5.41) is 6.27. The number of hydrogen-bond acceptors (Lipinski definition) is 3. The molecule has 0 aliphatic rings. The third kappa shape index (κ3) is 6.17. The van der Waals surface area contributed by atoms with Crippen molar-refractivity contribution in [2.75, 3.05) is 31.6 Å². The lowest BCUT2D eigenvalue weighted by molar-refractivity contribution is -0.119. The third-order valence-corrected chi connectivity index (χ3v) is 3.31. The molecule has 4 heteroatoms. The predicted octanol–water partition coefficient (Wildman–Crippen LogP) is 2.31. The van der Waals surface area contributed by atoms with Gasteiger partial charge in [-0.2, -0.15) is 0 Å². The van der Waals surface area contributed by atoms with Crippen molar-refractivity contribution in [2.45, 2.75) is 34.2 Å². The summed E-state index contributed by atoms with van der Waals surface area (Å²) in [4.78, 5) is 13.6. The first-order valence-electron chi connectivity index (χ1n) is 7.72. The van der Waals surface area contributed by atoms with Crippen molar-refractivity contribution in [3.05, 3.63) is 29.3 Å². The Morgan fingerprint density at radius 2 is 2.05 bits per heavy atom. The van der Waals surface area contributed by atoms with Crippen molar-refractivity contribution in [1.29, 1.82) is 0 Å². The lowest BCUT2D eigenvalue weighted by Gasteiger charge is -2.21. The van der Waals surface area contributed by atoms with E-state index in [2.05, 4.69) is 49.6 Å². The Hall–Kier alpha value is -1.55. The highest BCUT2D eigenvalue weighted by molar-refractivity contribution is 5.81. The van der Waals surface area contributed by atoms with Crippen LogP contribution in [0.2, 0.25) is 0 Å². The van der Waals surface area contributed by atoms with Crippen LogP contribution in [-0.4, -0.2) is 32.6 Å². The van der Waals surface area contributed by atoms with Crippen molar-refractivity contribution in [2.24, 2.45) is 5.92 Å². The van der Waals surface area contributed by atoms with Gasteiger partial charge >= 0.3 is 0 Å². The molecule has 0 aromatic heterocycles. The van der Waals surface area contributed by atoms with E-state index < -0.39 is 0 Å². The fourth-order valence-corrected chi connectivity index (χ4v) is 2.31. The minimum absolute atomic E-state index is 0.0575. The Kier molecular flexibility index (Phi) is 7.23. The molecule has 0 aliphatic heterocycles. The predicted molar refractivity (Wildman–Crippen MR) is 89.7 cm³/mol. The summed E-state index contributed by atoms with van der Waals surface area (Å²) < 4.78 is 0. The zero-order chi connectivity index (χ0) is 15.8. The molecule has 2 N–H and O–H groups in total. The van der Waals surface area contributed by atoms with Crippen LogP contribution in [0.3, 0.4) is 0 Å². The van der Waals surface area contributed by atoms with E-state index in [1.165, 1.54) is 11.1 Å². The molecule has 1 aromatic carbocycles. The highest BCUT2D eigenvalue weighted by Crippen LogP contribution is 2.20. The molecular weight excluding hydrogens is 262 g/mol. The molecule has 1 rings (SSSR count). The van der Waals surface area contributed by atoms with Crippen LogP contribution < -0.4 is 15.5 Å². The average molecular weight is 291 g/mol. The van der Waals surface area contributed by atoms with Crippen LogP contribution in [0, 0.1) is 12.8 Å². The number of aryl methyl sites for hydroxylation is 1. The summed E-state index contributed by atoms with van der Waals surface area (Å²) in [6.45, 7) is 11.4. The summed E-state index contributed by atoms with van der Waals surface area (Å²) in [6, 6.07) is 6.42. The summed E-state index contributed by atoms with van der Waals surface area (Å²) in [6.07, 6.45) is 0. The van der Waals surface area contributed by atoms with Gasteiger partial charge < -0.3 is 15.5 Å². The number of amides is 1. The van der Waals surface area contributed by atoms with E-state index in [9.17, 15) is 4.79 Å². The van der Waals surface area contributed by atoms with Gasteiger partial charge in [-0.05, 0) is 43.5 Å². The molecule has 0 heterocycles. The average Bonchev–Trinajstić information content (AvgIpc) is 2.38. The fourth-order valence-electron chi connectivity index (χ4n) is 2.31. The van der Waals surface area contributed by atoms with E-state index in [0.717, 1.165) is 18.8 Å². The van der Waals surface area contributed by atoms with Gasteiger partial charge in [-0.15, -0.1) is 0 Å². The Balaban J connectivity index is 2.62. The molecular formula is C17H29N3O. The van der Waals surface area contributed by atoms with Crippen LogP contribution in [0.1, 0.15) is 31.9 Å². The van der Waals surface area contributed by atoms with Gasteiger partial charge in [-0.3, -0.25) is 4.79 Å². The van der Waals surface area contributed by atoms with Crippen LogP contribution in [0.25, 0.3) is 0 Å². The zero-order valence-electron chi connectivity index (χ0n) is 14.0. The van der Waals surface area contributed by atoms with E-state index in [1.807, 2.05) is 18.9 Å². The van der Waals surface area contributed by atoms with Crippen molar-refractivity contribution >= 4 is 11.6 Å².